The third-order valence-corrected chi connectivity index (χ3v) is 7.21. The van der Waals surface area contributed by atoms with Gasteiger partial charge in [0.15, 0.2) is 4.34 Å². The van der Waals surface area contributed by atoms with Crippen LogP contribution in [0.2, 0.25) is 0 Å². The maximum Gasteiger partial charge on any atom is 0.233 e. The zero-order chi connectivity index (χ0) is 20.2. The van der Waals surface area contributed by atoms with E-state index < -0.39 is 0 Å². The van der Waals surface area contributed by atoms with Crippen LogP contribution >= 0.6 is 23.1 Å². The van der Waals surface area contributed by atoms with Gasteiger partial charge in [-0.25, -0.2) is 4.39 Å². The first-order valence-corrected chi connectivity index (χ1v) is 11.4. The van der Waals surface area contributed by atoms with Gasteiger partial charge < -0.3 is 15.1 Å². The van der Waals surface area contributed by atoms with Crippen LogP contribution in [0.4, 0.5) is 15.2 Å². The van der Waals surface area contributed by atoms with Gasteiger partial charge in [-0.05, 0) is 37.1 Å². The Kier molecular flexibility index (Phi) is 6.29. The van der Waals surface area contributed by atoms with Gasteiger partial charge in [0, 0.05) is 37.8 Å². The number of rotatable bonds is 6. The summed E-state index contributed by atoms with van der Waals surface area (Å²) in [6.45, 7) is 2.71. The molecule has 1 aromatic carbocycles. The van der Waals surface area contributed by atoms with E-state index in [1.54, 1.807) is 12.1 Å². The van der Waals surface area contributed by atoms with Crippen molar-refractivity contribution in [3.8, 4) is 0 Å². The highest BCUT2D eigenvalue weighted by molar-refractivity contribution is 8.01. The number of nitrogens with one attached hydrogen (secondary N) is 1. The topological polar surface area (TPSA) is 78.4 Å². The molecule has 2 fully saturated rings. The van der Waals surface area contributed by atoms with Crippen molar-refractivity contribution in [2.45, 2.75) is 23.6 Å². The Hall–Kier alpha value is -2.20. The predicted octanol–water partition coefficient (Wildman–Crippen LogP) is 2.86. The number of hydrogen-bond donors (Lipinski definition) is 1. The number of halogens is 1. The molecule has 1 N–H and O–H groups in total. The number of benzene rings is 1. The van der Waals surface area contributed by atoms with Crippen molar-refractivity contribution in [2.24, 2.45) is 5.92 Å². The SMILES string of the molecule is O=C(Nc1nnc(SCC(=O)N2CCN(c3ccc(F)cc3)CC2)s1)C1CCC1. The number of piperazine rings is 1. The average molecular weight is 436 g/mol. The number of amides is 2. The van der Waals surface area contributed by atoms with Crippen molar-refractivity contribution >= 4 is 45.7 Å². The zero-order valence-electron chi connectivity index (χ0n) is 15.8. The molecule has 2 amide bonds. The van der Waals surface area contributed by atoms with Crippen molar-refractivity contribution in [1.82, 2.24) is 15.1 Å². The molecule has 2 aromatic rings. The summed E-state index contributed by atoms with van der Waals surface area (Å²) in [5, 5.41) is 11.3. The number of carbonyl (C=O) groups is 2. The summed E-state index contributed by atoms with van der Waals surface area (Å²) in [5.74, 6) is 0.220. The van der Waals surface area contributed by atoms with Gasteiger partial charge in [-0.3, -0.25) is 9.59 Å². The molecule has 1 saturated carbocycles. The van der Waals surface area contributed by atoms with Gasteiger partial charge in [0.2, 0.25) is 16.9 Å². The molecule has 0 radical (unpaired) electrons. The predicted molar refractivity (Wildman–Crippen MR) is 112 cm³/mol. The Balaban J connectivity index is 1.21. The lowest BCUT2D eigenvalue weighted by atomic mass is 9.85. The lowest BCUT2D eigenvalue weighted by molar-refractivity contribution is -0.128. The first-order chi connectivity index (χ1) is 14.1. The van der Waals surface area contributed by atoms with Gasteiger partial charge in [-0.15, -0.1) is 10.2 Å². The summed E-state index contributed by atoms with van der Waals surface area (Å²) in [5.41, 5.74) is 0.971. The molecule has 1 aliphatic heterocycles. The van der Waals surface area contributed by atoms with Crippen LogP contribution in [0.3, 0.4) is 0 Å². The number of thioether (sulfide) groups is 1. The molecule has 154 valence electrons. The first kappa shape index (κ1) is 20.1. The van der Waals surface area contributed by atoms with Gasteiger partial charge in [0.05, 0.1) is 5.75 Å². The number of anilines is 2. The molecule has 0 spiro atoms. The molecule has 1 aromatic heterocycles. The minimum absolute atomic E-state index is 0.0130. The standard InChI is InChI=1S/C19H22FN5O2S2/c20-14-4-6-15(7-5-14)24-8-10-25(11-9-24)16(26)12-28-19-23-22-18(29-19)21-17(27)13-2-1-3-13/h4-7,13H,1-3,8-12H2,(H,21,22,27). The van der Waals surface area contributed by atoms with Crippen LogP contribution in [-0.4, -0.2) is 58.8 Å². The summed E-state index contributed by atoms with van der Waals surface area (Å²) in [7, 11) is 0. The van der Waals surface area contributed by atoms with E-state index in [1.807, 2.05) is 4.90 Å². The van der Waals surface area contributed by atoms with Crippen molar-refractivity contribution in [2.75, 3.05) is 42.1 Å². The molecule has 0 unspecified atom stereocenters. The summed E-state index contributed by atoms with van der Waals surface area (Å²) < 4.78 is 13.7. The van der Waals surface area contributed by atoms with Crippen LogP contribution < -0.4 is 10.2 Å². The molecule has 0 bridgehead atoms. The van der Waals surface area contributed by atoms with Gasteiger partial charge >= 0.3 is 0 Å². The van der Waals surface area contributed by atoms with Gasteiger partial charge in [0.1, 0.15) is 5.82 Å². The van der Waals surface area contributed by atoms with Crippen LogP contribution in [0.5, 0.6) is 0 Å². The smallest absolute Gasteiger partial charge is 0.233 e. The molecule has 4 rings (SSSR count). The normalized spacial score (nSPS) is 17.1. The second kappa shape index (κ2) is 9.08. The zero-order valence-corrected chi connectivity index (χ0v) is 17.5. The summed E-state index contributed by atoms with van der Waals surface area (Å²) in [6, 6.07) is 6.43. The fraction of sp³-hybridized carbons (Fsp3) is 0.474. The molecule has 7 nitrogen and oxygen atoms in total. The molecule has 1 aliphatic carbocycles. The Morgan fingerprint density at radius 1 is 1.14 bits per heavy atom. The largest absolute Gasteiger partial charge is 0.368 e. The number of nitrogens with zero attached hydrogens (tertiary/aromatic N) is 4. The Bertz CT molecular complexity index is 864. The minimum Gasteiger partial charge on any atom is -0.368 e. The summed E-state index contributed by atoms with van der Waals surface area (Å²) in [6.07, 6.45) is 2.99. The van der Waals surface area contributed by atoms with E-state index in [0.29, 0.717) is 28.3 Å². The molecule has 1 saturated heterocycles. The van der Waals surface area contributed by atoms with Crippen LogP contribution in [0, 0.1) is 11.7 Å². The van der Waals surface area contributed by atoms with Crippen molar-refractivity contribution < 1.29 is 14.0 Å². The highest BCUT2D eigenvalue weighted by atomic mass is 32.2. The van der Waals surface area contributed by atoms with E-state index in [1.165, 1.54) is 35.2 Å². The monoisotopic (exact) mass is 435 g/mol. The van der Waals surface area contributed by atoms with Gasteiger partial charge in [-0.2, -0.15) is 0 Å². The van der Waals surface area contributed by atoms with E-state index >= 15 is 0 Å². The number of carbonyl (C=O) groups excluding carboxylic acids is 2. The van der Waals surface area contributed by atoms with Crippen LogP contribution in [0.15, 0.2) is 28.6 Å². The van der Waals surface area contributed by atoms with Gasteiger partial charge in [0.25, 0.3) is 0 Å². The van der Waals surface area contributed by atoms with Crippen molar-refractivity contribution in [3.05, 3.63) is 30.1 Å². The highest BCUT2D eigenvalue weighted by Gasteiger charge is 2.26. The second-order valence-electron chi connectivity index (χ2n) is 7.12. The third-order valence-electron chi connectivity index (χ3n) is 5.26. The van der Waals surface area contributed by atoms with Crippen LogP contribution in [0.25, 0.3) is 0 Å². The third kappa shape index (κ3) is 5.05. The van der Waals surface area contributed by atoms with Crippen LogP contribution in [-0.2, 0) is 9.59 Å². The summed E-state index contributed by atoms with van der Waals surface area (Å²) >= 11 is 2.64. The molecule has 10 heteroatoms. The van der Waals surface area contributed by atoms with Crippen LogP contribution in [0.1, 0.15) is 19.3 Å². The molecular weight excluding hydrogens is 413 g/mol. The van der Waals surface area contributed by atoms with E-state index in [2.05, 4.69) is 20.4 Å². The Morgan fingerprint density at radius 2 is 1.86 bits per heavy atom. The van der Waals surface area contributed by atoms with E-state index in [0.717, 1.165) is 38.0 Å². The molecule has 2 heterocycles. The highest BCUT2D eigenvalue weighted by Crippen LogP contribution is 2.30. The quantitative estimate of drug-likeness (QED) is 0.555. The lowest BCUT2D eigenvalue weighted by Gasteiger charge is -2.36. The van der Waals surface area contributed by atoms with E-state index in [-0.39, 0.29) is 23.5 Å². The van der Waals surface area contributed by atoms with Gasteiger partial charge in [-0.1, -0.05) is 29.5 Å². The van der Waals surface area contributed by atoms with Crippen molar-refractivity contribution in [1.29, 1.82) is 0 Å². The minimum atomic E-state index is -0.248. The molecule has 29 heavy (non-hydrogen) atoms. The lowest BCUT2D eigenvalue weighted by Crippen LogP contribution is -2.49. The average Bonchev–Trinajstić information content (AvgIpc) is 3.12. The maximum atomic E-state index is 13.1. The van der Waals surface area contributed by atoms with Crippen molar-refractivity contribution in [3.63, 3.8) is 0 Å². The first-order valence-electron chi connectivity index (χ1n) is 9.64. The molecule has 2 aliphatic rings. The fourth-order valence-electron chi connectivity index (χ4n) is 3.28. The second-order valence-corrected chi connectivity index (χ2v) is 9.32. The summed E-state index contributed by atoms with van der Waals surface area (Å²) in [4.78, 5) is 28.5. The number of aromatic nitrogens is 2. The number of hydrogen-bond acceptors (Lipinski definition) is 7. The Morgan fingerprint density at radius 3 is 2.52 bits per heavy atom. The van der Waals surface area contributed by atoms with E-state index in [4.69, 9.17) is 0 Å². The van der Waals surface area contributed by atoms with E-state index in [9.17, 15) is 14.0 Å². The Labute approximate surface area is 176 Å². The maximum absolute atomic E-state index is 13.1. The molecule has 0 atom stereocenters. The molecular formula is C19H22FN5O2S2. The fourth-order valence-corrected chi connectivity index (χ4v) is 4.93.